The average molecular weight is 265 g/mol. The summed E-state index contributed by atoms with van der Waals surface area (Å²) in [5.74, 6) is -0.281. The monoisotopic (exact) mass is 265 g/mol. The summed E-state index contributed by atoms with van der Waals surface area (Å²) in [6.45, 7) is 4.34. The summed E-state index contributed by atoms with van der Waals surface area (Å²) in [6.07, 6.45) is 1.59. The molecule has 0 bridgehead atoms. The summed E-state index contributed by atoms with van der Waals surface area (Å²) in [6, 6.07) is 9.65. The van der Waals surface area contributed by atoms with E-state index in [1.54, 1.807) is 11.1 Å². The molecule has 19 heavy (non-hydrogen) atoms. The number of esters is 1. The molecule has 0 saturated carbocycles. The smallest absolute Gasteiger partial charge is 0.374 e. The minimum absolute atomic E-state index is 0.196. The second-order valence-corrected chi connectivity index (χ2v) is 3.72. The van der Waals surface area contributed by atoms with Crippen LogP contribution in [0, 0.1) is 0 Å². The number of ether oxygens (including phenoxy) is 2. The second kappa shape index (κ2) is 10.00. The minimum Gasteiger partial charge on any atom is -0.481 e. The Morgan fingerprint density at radius 3 is 2.26 bits per heavy atom. The Kier molecular flexibility index (Phi) is 8.96. The number of carbonyl (C=O) groups excluding carboxylic acids is 1. The number of hydrogen-bond acceptors (Lipinski definition) is 4. The molecule has 106 valence electrons. The van der Waals surface area contributed by atoms with Crippen molar-refractivity contribution in [3.8, 4) is 0 Å². The molecule has 0 N–H and O–H groups in total. The first-order valence-electron chi connectivity index (χ1n) is 6.26. The molecule has 0 aliphatic carbocycles. The lowest BCUT2D eigenvalue weighted by Gasteiger charge is -2.11. The maximum Gasteiger partial charge on any atom is 0.374 e. The van der Waals surface area contributed by atoms with Crippen molar-refractivity contribution in [2.75, 3.05) is 21.2 Å². The molecule has 4 heteroatoms. The van der Waals surface area contributed by atoms with Gasteiger partial charge in [-0.3, -0.25) is 0 Å². The number of nitrogens with zero attached hydrogens (tertiary/aromatic N) is 1. The third-order valence-electron chi connectivity index (χ3n) is 2.00. The van der Waals surface area contributed by atoms with E-state index in [-0.39, 0.29) is 5.76 Å². The van der Waals surface area contributed by atoms with Crippen LogP contribution in [0.2, 0.25) is 0 Å². The Morgan fingerprint density at radius 2 is 1.79 bits per heavy atom. The van der Waals surface area contributed by atoms with Crippen molar-refractivity contribution >= 4 is 5.97 Å². The van der Waals surface area contributed by atoms with E-state index in [0.717, 1.165) is 5.56 Å². The van der Waals surface area contributed by atoms with Gasteiger partial charge >= 0.3 is 5.97 Å². The van der Waals surface area contributed by atoms with Gasteiger partial charge in [0, 0.05) is 20.3 Å². The molecule has 1 rings (SSSR count). The summed E-state index contributed by atoms with van der Waals surface area (Å²) < 4.78 is 10.1. The molecule has 0 atom stereocenters. The van der Waals surface area contributed by atoms with Gasteiger partial charge in [-0.25, -0.2) is 4.79 Å². The van der Waals surface area contributed by atoms with E-state index in [4.69, 9.17) is 4.74 Å². The highest BCUT2D eigenvalue weighted by molar-refractivity contribution is 5.85. The average Bonchev–Trinajstić information content (AvgIpc) is 2.45. The van der Waals surface area contributed by atoms with E-state index < -0.39 is 5.97 Å². The molecule has 0 unspecified atom stereocenters. The lowest BCUT2D eigenvalue weighted by Crippen LogP contribution is -2.13. The van der Waals surface area contributed by atoms with Crippen LogP contribution in [0.3, 0.4) is 0 Å². The van der Waals surface area contributed by atoms with Crippen LogP contribution < -0.4 is 0 Å². The van der Waals surface area contributed by atoms with E-state index in [9.17, 15) is 4.79 Å². The summed E-state index contributed by atoms with van der Waals surface area (Å²) in [4.78, 5) is 13.2. The SMILES string of the molecule is CC.COC(=O)/C(=C\N(C)C)OCc1ccccc1. The van der Waals surface area contributed by atoms with Crippen LogP contribution in [0.1, 0.15) is 19.4 Å². The van der Waals surface area contributed by atoms with Crippen molar-refractivity contribution in [3.05, 3.63) is 47.9 Å². The highest BCUT2D eigenvalue weighted by Crippen LogP contribution is 2.07. The maximum atomic E-state index is 11.4. The number of methoxy groups -OCH3 is 1. The number of carbonyl (C=O) groups is 1. The highest BCUT2D eigenvalue weighted by Gasteiger charge is 2.11. The van der Waals surface area contributed by atoms with Crippen LogP contribution in [0.15, 0.2) is 42.3 Å². The normalized spacial score (nSPS) is 10.1. The fourth-order valence-corrected chi connectivity index (χ4v) is 1.22. The Morgan fingerprint density at radius 1 is 1.21 bits per heavy atom. The van der Waals surface area contributed by atoms with Crippen LogP contribution >= 0.6 is 0 Å². The van der Waals surface area contributed by atoms with Crippen molar-refractivity contribution in [1.82, 2.24) is 4.90 Å². The lowest BCUT2D eigenvalue weighted by molar-refractivity contribution is -0.140. The van der Waals surface area contributed by atoms with E-state index in [0.29, 0.717) is 6.61 Å². The van der Waals surface area contributed by atoms with Gasteiger partial charge in [-0.1, -0.05) is 44.2 Å². The first-order valence-corrected chi connectivity index (χ1v) is 6.26. The summed E-state index contributed by atoms with van der Waals surface area (Å²) in [5, 5.41) is 0. The Bertz CT molecular complexity index is 386. The topological polar surface area (TPSA) is 38.8 Å². The molecule has 4 nitrogen and oxygen atoms in total. The fraction of sp³-hybridized carbons (Fsp3) is 0.400. The molecule has 0 saturated heterocycles. The van der Waals surface area contributed by atoms with E-state index in [1.165, 1.54) is 7.11 Å². The van der Waals surface area contributed by atoms with Crippen molar-refractivity contribution < 1.29 is 14.3 Å². The Balaban J connectivity index is 0.00000154. The van der Waals surface area contributed by atoms with E-state index in [2.05, 4.69) is 4.74 Å². The standard InChI is InChI=1S/C13H17NO3.C2H6/c1-14(2)9-12(13(15)16-3)17-10-11-7-5-4-6-8-11;1-2/h4-9H,10H2,1-3H3;1-2H3/b12-9+;. The molecular formula is C15H23NO3. The van der Waals surface area contributed by atoms with E-state index in [1.807, 2.05) is 58.3 Å². The Labute approximate surface area is 115 Å². The molecule has 0 aliphatic rings. The number of benzene rings is 1. The quantitative estimate of drug-likeness (QED) is 0.466. The number of rotatable bonds is 5. The first kappa shape index (κ1) is 17.0. The summed E-state index contributed by atoms with van der Waals surface area (Å²) >= 11 is 0. The van der Waals surface area contributed by atoms with Crippen LogP contribution in [-0.4, -0.2) is 32.1 Å². The summed E-state index contributed by atoms with van der Waals surface area (Å²) in [5.41, 5.74) is 1.00. The predicted molar refractivity (Wildman–Crippen MR) is 76.4 cm³/mol. The molecule has 0 amide bonds. The molecule has 1 aromatic rings. The van der Waals surface area contributed by atoms with Crippen LogP contribution in [0.5, 0.6) is 0 Å². The molecule has 0 radical (unpaired) electrons. The van der Waals surface area contributed by atoms with Crippen LogP contribution in [0.25, 0.3) is 0 Å². The molecule has 0 aromatic heterocycles. The number of hydrogen-bond donors (Lipinski definition) is 0. The first-order chi connectivity index (χ1) is 9.13. The van der Waals surface area contributed by atoms with Gasteiger partial charge in [-0.05, 0) is 5.56 Å². The second-order valence-electron chi connectivity index (χ2n) is 3.72. The van der Waals surface area contributed by atoms with Crippen molar-refractivity contribution in [2.45, 2.75) is 20.5 Å². The lowest BCUT2D eigenvalue weighted by atomic mass is 10.2. The molecule has 0 heterocycles. The maximum absolute atomic E-state index is 11.4. The van der Waals surface area contributed by atoms with Crippen molar-refractivity contribution in [2.24, 2.45) is 0 Å². The fourth-order valence-electron chi connectivity index (χ4n) is 1.22. The zero-order chi connectivity index (χ0) is 14.7. The molecule has 1 aromatic carbocycles. The summed E-state index contributed by atoms with van der Waals surface area (Å²) in [7, 11) is 4.96. The minimum atomic E-state index is -0.477. The van der Waals surface area contributed by atoms with Crippen molar-refractivity contribution in [3.63, 3.8) is 0 Å². The van der Waals surface area contributed by atoms with E-state index >= 15 is 0 Å². The highest BCUT2D eigenvalue weighted by atomic mass is 16.6. The zero-order valence-electron chi connectivity index (χ0n) is 12.3. The van der Waals surface area contributed by atoms with Gasteiger partial charge in [0.05, 0.1) is 7.11 Å². The molecule has 0 fully saturated rings. The van der Waals surface area contributed by atoms with Crippen LogP contribution in [0.4, 0.5) is 0 Å². The third kappa shape index (κ3) is 7.13. The van der Waals surface area contributed by atoms with Gasteiger partial charge in [-0.2, -0.15) is 0 Å². The van der Waals surface area contributed by atoms with Gasteiger partial charge in [0.2, 0.25) is 5.76 Å². The van der Waals surface area contributed by atoms with Gasteiger partial charge in [0.15, 0.2) is 0 Å². The Hall–Kier alpha value is -1.97. The largest absolute Gasteiger partial charge is 0.481 e. The predicted octanol–water partition coefficient (Wildman–Crippen LogP) is 2.81. The molecule has 0 spiro atoms. The third-order valence-corrected chi connectivity index (χ3v) is 2.00. The van der Waals surface area contributed by atoms with Gasteiger partial charge in [0.1, 0.15) is 6.61 Å². The van der Waals surface area contributed by atoms with Gasteiger partial charge in [-0.15, -0.1) is 0 Å². The van der Waals surface area contributed by atoms with Gasteiger partial charge < -0.3 is 14.4 Å². The van der Waals surface area contributed by atoms with Crippen LogP contribution in [-0.2, 0) is 20.9 Å². The van der Waals surface area contributed by atoms with Crippen molar-refractivity contribution in [1.29, 1.82) is 0 Å². The van der Waals surface area contributed by atoms with Gasteiger partial charge in [0.25, 0.3) is 0 Å². The molecule has 0 aliphatic heterocycles. The zero-order valence-corrected chi connectivity index (χ0v) is 12.3. The molecular weight excluding hydrogens is 242 g/mol.